The Morgan fingerprint density at radius 1 is 1.27 bits per heavy atom. The minimum Gasteiger partial charge on any atom is -0.304 e. The van der Waals surface area contributed by atoms with Gasteiger partial charge in [0.05, 0.1) is 0 Å². The van der Waals surface area contributed by atoms with Gasteiger partial charge in [0.25, 0.3) is 0 Å². The number of rotatable bonds is 1. The number of pyridine rings is 1. The second-order valence-corrected chi connectivity index (χ2v) is 4.16. The summed E-state index contributed by atoms with van der Waals surface area (Å²) in [5, 5.41) is 0. The first kappa shape index (κ1) is 11.8. The molecule has 0 saturated heterocycles. The minimum absolute atomic E-state index is 0. The lowest BCUT2D eigenvalue weighted by Crippen LogP contribution is -2.00. The first-order valence-corrected chi connectivity index (χ1v) is 5.04. The van der Waals surface area contributed by atoms with Crippen LogP contribution < -0.4 is 0 Å². The summed E-state index contributed by atoms with van der Waals surface area (Å²) in [6, 6.07) is 2.23. The largest absolute Gasteiger partial charge is 0.304 e. The highest BCUT2D eigenvalue weighted by Gasteiger charge is 2.11. The van der Waals surface area contributed by atoms with Crippen LogP contribution in [0.5, 0.6) is 0 Å². The van der Waals surface area contributed by atoms with Crippen molar-refractivity contribution in [3.05, 3.63) is 35.3 Å². The zero-order valence-electron chi connectivity index (χ0n) is 9.20. The maximum Gasteiger partial charge on any atom is 0.140 e. The van der Waals surface area contributed by atoms with Crippen LogP contribution in [0.3, 0.4) is 0 Å². The predicted octanol–water partition coefficient (Wildman–Crippen LogP) is 3.71. The van der Waals surface area contributed by atoms with Crippen molar-refractivity contribution < 1.29 is 0 Å². The Kier molecular flexibility index (Phi) is 3.18. The van der Waals surface area contributed by atoms with Crippen molar-refractivity contribution in [2.75, 3.05) is 0 Å². The number of fused-ring (bicyclic) bond motifs is 1. The third-order valence-electron chi connectivity index (χ3n) is 2.69. The Bertz CT molecular complexity index is 467. The van der Waals surface area contributed by atoms with Crippen LogP contribution >= 0.6 is 0 Å². The van der Waals surface area contributed by atoms with E-state index >= 15 is 0 Å². The molecule has 0 aliphatic rings. The molecule has 2 heteroatoms. The molecule has 0 bridgehead atoms. The van der Waals surface area contributed by atoms with E-state index in [1.54, 1.807) is 0 Å². The maximum atomic E-state index is 4.42. The normalized spacial score (nSPS) is 10.7. The Morgan fingerprint density at radius 2 is 1.93 bits per heavy atom. The zero-order chi connectivity index (χ0) is 10.3. The highest BCUT2D eigenvalue weighted by atomic mass is 15.0. The molecule has 0 aliphatic carbocycles. The number of nitrogens with zero attached hydrogens (tertiary/aromatic N) is 2. The van der Waals surface area contributed by atoms with Gasteiger partial charge in [0.2, 0.25) is 0 Å². The van der Waals surface area contributed by atoms with Gasteiger partial charge >= 0.3 is 0 Å². The van der Waals surface area contributed by atoms with E-state index < -0.39 is 0 Å². The van der Waals surface area contributed by atoms with Gasteiger partial charge in [0.15, 0.2) is 0 Å². The molecule has 82 valence electrons. The predicted molar refractivity (Wildman–Crippen MR) is 65.5 cm³/mol. The lowest BCUT2D eigenvalue weighted by Gasteiger charge is -2.13. The Hall–Kier alpha value is -1.31. The van der Waals surface area contributed by atoms with Crippen molar-refractivity contribution in [2.24, 2.45) is 0 Å². The van der Waals surface area contributed by atoms with Gasteiger partial charge in [-0.25, -0.2) is 4.98 Å². The summed E-state index contributed by atoms with van der Waals surface area (Å²) in [5.74, 6) is 0.528. The first-order chi connectivity index (χ1) is 6.61. The van der Waals surface area contributed by atoms with Crippen molar-refractivity contribution in [3.63, 3.8) is 0 Å². The average Bonchev–Trinajstić information content (AvgIpc) is 2.51. The summed E-state index contributed by atoms with van der Waals surface area (Å²) in [6.45, 7) is 8.71. The van der Waals surface area contributed by atoms with E-state index in [-0.39, 0.29) is 7.43 Å². The molecule has 2 aromatic heterocycles. The van der Waals surface area contributed by atoms with Crippen LogP contribution in [0.15, 0.2) is 18.5 Å². The van der Waals surface area contributed by atoms with Crippen LogP contribution in [-0.4, -0.2) is 9.38 Å². The van der Waals surface area contributed by atoms with Gasteiger partial charge in [0, 0.05) is 23.7 Å². The number of aryl methyl sites for hydroxylation is 2. The molecule has 2 rings (SSSR count). The van der Waals surface area contributed by atoms with Gasteiger partial charge in [-0.1, -0.05) is 21.3 Å². The molecule has 0 amide bonds. The van der Waals surface area contributed by atoms with E-state index in [2.05, 4.69) is 43.1 Å². The van der Waals surface area contributed by atoms with E-state index in [4.69, 9.17) is 0 Å². The van der Waals surface area contributed by atoms with Crippen molar-refractivity contribution >= 4 is 5.65 Å². The van der Waals surface area contributed by atoms with Crippen molar-refractivity contribution in [1.82, 2.24) is 9.38 Å². The molecule has 0 N–H and O–H groups in total. The van der Waals surface area contributed by atoms with Gasteiger partial charge in [0.1, 0.15) is 5.65 Å². The molecule has 2 heterocycles. The van der Waals surface area contributed by atoms with E-state index in [9.17, 15) is 0 Å². The van der Waals surface area contributed by atoms with Gasteiger partial charge in [-0.2, -0.15) is 0 Å². The summed E-state index contributed by atoms with van der Waals surface area (Å²) < 4.78 is 2.16. The summed E-state index contributed by atoms with van der Waals surface area (Å²) in [6.07, 6.45) is 3.89. The van der Waals surface area contributed by atoms with Crippen LogP contribution in [0.2, 0.25) is 0 Å². The maximum absolute atomic E-state index is 4.42. The fraction of sp³-hybridized carbons (Fsp3) is 0.462. The number of hydrogen-bond acceptors (Lipinski definition) is 1. The molecule has 0 saturated carbocycles. The fourth-order valence-corrected chi connectivity index (χ4v) is 2.14. The summed E-state index contributed by atoms with van der Waals surface area (Å²) in [5.41, 5.74) is 5.06. The smallest absolute Gasteiger partial charge is 0.140 e. The van der Waals surface area contributed by atoms with Crippen LogP contribution in [0.25, 0.3) is 5.65 Å². The van der Waals surface area contributed by atoms with Crippen LogP contribution in [0.4, 0.5) is 0 Å². The van der Waals surface area contributed by atoms with Gasteiger partial charge in [-0.15, -0.1) is 0 Å². The minimum atomic E-state index is 0. The molecule has 0 unspecified atom stereocenters. The monoisotopic (exact) mass is 204 g/mol. The van der Waals surface area contributed by atoms with Crippen molar-refractivity contribution in [2.45, 2.75) is 41.0 Å². The van der Waals surface area contributed by atoms with Crippen LogP contribution in [0, 0.1) is 13.8 Å². The van der Waals surface area contributed by atoms with Gasteiger partial charge in [-0.05, 0) is 31.4 Å². The van der Waals surface area contributed by atoms with E-state index in [1.807, 2.05) is 12.4 Å². The summed E-state index contributed by atoms with van der Waals surface area (Å²) >= 11 is 0. The zero-order valence-corrected chi connectivity index (χ0v) is 9.20. The molecule has 2 aromatic rings. The second kappa shape index (κ2) is 4.05. The van der Waals surface area contributed by atoms with E-state index in [1.165, 1.54) is 16.8 Å². The standard InChI is InChI=1S/C12H16N2.CH4/c1-8(2)11-9(3)7-10(4)14-6-5-13-12(11)14;/h5-8H,1-4H3;1H4. The number of imidazole rings is 1. The topological polar surface area (TPSA) is 17.3 Å². The first-order valence-electron chi connectivity index (χ1n) is 5.04. The van der Waals surface area contributed by atoms with Gasteiger partial charge in [-0.3, -0.25) is 0 Å². The molecule has 0 aromatic carbocycles. The molecule has 0 spiro atoms. The molecule has 0 fully saturated rings. The molecule has 0 atom stereocenters. The average molecular weight is 204 g/mol. The third kappa shape index (κ3) is 1.76. The molecule has 2 nitrogen and oxygen atoms in total. The van der Waals surface area contributed by atoms with Crippen LogP contribution in [0.1, 0.15) is 44.0 Å². The number of hydrogen-bond donors (Lipinski definition) is 0. The third-order valence-corrected chi connectivity index (χ3v) is 2.69. The SMILES string of the molecule is C.Cc1cc(C)n2ccnc2c1C(C)C. The van der Waals surface area contributed by atoms with E-state index in [0.29, 0.717) is 5.92 Å². The molecular formula is C13H20N2. The quantitative estimate of drug-likeness (QED) is 0.692. The number of aromatic nitrogens is 2. The Balaban J connectivity index is 0.00000112. The lowest BCUT2D eigenvalue weighted by atomic mass is 9.99. The molecule has 0 radical (unpaired) electrons. The van der Waals surface area contributed by atoms with Crippen LogP contribution in [-0.2, 0) is 0 Å². The summed E-state index contributed by atoms with van der Waals surface area (Å²) in [7, 11) is 0. The molecule has 15 heavy (non-hydrogen) atoms. The van der Waals surface area contributed by atoms with Crippen molar-refractivity contribution in [3.8, 4) is 0 Å². The van der Waals surface area contributed by atoms with E-state index in [0.717, 1.165) is 5.65 Å². The highest BCUT2D eigenvalue weighted by Crippen LogP contribution is 2.24. The molecular weight excluding hydrogens is 184 g/mol. The Morgan fingerprint density at radius 3 is 2.53 bits per heavy atom. The van der Waals surface area contributed by atoms with Crippen molar-refractivity contribution in [1.29, 1.82) is 0 Å². The second-order valence-electron chi connectivity index (χ2n) is 4.16. The van der Waals surface area contributed by atoms with Gasteiger partial charge < -0.3 is 4.40 Å². The fourth-order valence-electron chi connectivity index (χ4n) is 2.14. The summed E-state index contributed by atoms with van der Waals surface area (Å²) in [4.78, 5) is 4.42. The highest BCUT2D eigenvalue weighted by molar-refractivity contribution is 5.54. The Labute approximate surface area is 92.0 Å². The molecule has 0 aliphatic heterocycles. The lowest BCUT2D eigenvalue weighted by molar-refractivity contribution is 0.848.